The van der Waals surface area contributed by atoms with E-state index in [1.807, 2.05) is 0 Å². The van der Waals surface area contributed by atoms with Crippen LogP contribution in [0.5, 0.6) is 0 Å². The Hall–Kier alpha value is -2.81. The predicted octanol–water partition coefficient (Wildman–Crippen LogP) is 0.00720. The van der Waals surface area contributed by atoms with Gasteiger partial charge in [0.25, 0.3) is 0 Å². The number of hydrogen-bond acceptors (Lipinski definition) is 14. The van der Waals surface area contributed by atoms with E-state index >= 15 is 0 Å². The fourth-order valence-electron chi connectivity index (χ4n) is 4.45. The molecule has 2 heterocycles. The molecule has 2 rings (SSSR count). The highest BCUT2D eigenvalue weighted by molar-refractivity contribution is 5.67. The molecule has 0 aromatic carbocycles. The highest BCUT2D eigenvalue weighted by atomic mass is 16.7. The summed E-state index contributed by atoms with van der Waals surface area (Å²) in [5.74, 6) is -4.60. The lowest BCUT2D eigenvalue weighted by molar-refractivity contribution is -0.344. The number of ether oxygens (including phenoxy) is 8. The first-order chi connectivity index (χ1) is 17.7. The monoisotopic (exact) mass is 548 g/mol. The van der Waals surface area contributed by atoms with Crippen molar-refractivity contribution in [1.82, 2.24) is 0 Å². The van der Waals surface area contributed by atoms with E-state index in [4.69, 9.17) is 37.9 Å². The standard InChI is InChI=1S/C24H36O14/c1-10-20(17(8-31-12(3)25)36-23(30)21(10)34-15(6)28)38-24-22(35-16(7)29)11(2)19(33-14(5)27)18(37-24)9-32-13(4)26/h10-11,17-24,30H,8-9H2,1-7H3/t10?,11?,17-,18?,19+,20-,21?,22-,23+,24-/m0/s1. The van der Waals surface area contributed by atoms with Gasteiger partial charge in [0, 0.05) is 46.5 Å². The van der Waals surface area contributed by atoms with E-state index in [0.29, 0.717) is 0 Å². The minimum Gasteiger partial charge on any atom is -0.463 e. The molecule has 4 unspecified atom stereocenters. The Bertz CT molecular complexity index is 870. The molecule has 0 amide bonds. The van der Waals surface area contributed by atoms with Crippen LogP contribution in [0.3, 0.4) is 0 Å². The molecule has 0 spiro atoms. The van der Waals surface area contributed by atoms with Gasteiger partial charge >= 0.3 is 29.8 Å². The minimum atomic E-state index is -1.55. The van der Waals surface area contributed by atoms with E-state index in [0.717, 1.165) is 6.92 Å². The summed E-state index contributed by atoms with van der Waals surface area (Å²) in [5.41, 5.74) is 0. The number of esters is 5. The van der Waals surface area contributed by atoms with Gasteiger partial charge in [-0.1, -0.05) is 13.8 Å². The fourth-order valence-corrected chi connectivity index (χ4v) is 4.45. The van der Waals surface area contributed by atoms with Gasteiger partial charge in [0.15, 0.2) is 24.8 Å². The lowest BCUT2D eigenvalue weighted by Crippen LogP contribution is -2.62. The van der Waals surface area contributed by atoms with Crippen molar-refractivity contribution in [3.8, 4) is 0 Å². The summed E-state index contributed by atoms with van der Waals surface area (Å²) in [7, 11) is 0. The van der Waals surface area contributed by atoms with Crippen molar-refractivity contribution in [3.63, 3.8) is 0 Å². The number of aliphatic hydroxyl groups excluding tert-OH is 1. The average Bonchev–Trinajstić information content (AvgIpc) is 2.79. The summed E-state index contributed by atoms with van der Waals surface area (Å²) in [4.78, 5) is 58.3. The third-order valence-electron chi connectivity index (χ3n) is 6.08. The van der Waals surface area contributed by atoms with Gasteiger partial charge in [0.05, 0.1) is 6.10 Å². The van der Waals surface area contributed by atoms with Gasteiger partial charge in [-0.3, -0.25) is 24.0 Å². The molecule has 216 valence electrons. The van der Waals surface area contributed by atoms with Crippen LogP contribution in [0.2, 0.25) is 0 Å². The maximum atomic E-state index is 12.0. The van der Waals surface area contributed by atoms with Crippen LogP contribution >= 0.6 is 0 Å². The van der Waals surface area contributed by atoms with E-state index in [9.17, 15) is 29.1 Å². The molecule has 0 bridgehead atoms. The van der Waals surface area contributed by atoms with Gasteiger partial charge in [0.2, 0.25) is 0 Å². The third kappa shape index (κ3) is 8.61. The summed E-state index contributed by atoms with van der Waals surface area (Å²) >= 11 is 0. The SMILES string of the molecule is CC(=O)OCC1O[C@@H](O[C@H]2C(C)C(OC(C)=O)[C@H](O)O[C@H]2COC(C)=O)[C@@H](OC(C)=O)C(C)[C@H]1OC(C)=O. The zero-order valence-corrected chi connectivity index (χ0v) is 22.4. The molecule has 0 aromatic heterocycles. The molecule has 0 saturated carbocycles. The fraction of sp³-hybridized carbons (Fsp3) is 0.792. The van der Waals surface area contributed by atoms with Gasteiger partial charge in [-0.05, 0) is 0 Å². The summed E-state index contributed by atoms with van der Waals surface area (Å²) in [5, 5.41) is 10.5. The number of aliphatic hydroxyl groups is 1. The summed E-state index contributed by atoms with van der Waals surface area (Å²) < 4.78 is 44.1. The predicted molar refractivity (Wildman–Crippen MR) is 123 cm³/mol. The largest absolute Gasteiger partial charge is 0.463 e. The Morgan fingerprint density at radius 3 is 1.50 bits per heavy atom. The Labute approximate surface area is 220 Å². The maximum Gasteiger partial charge on any atom is 0.303 e. The van der Waals surface area contributed by atoms with E-state index < -0.39 is 90.9 Å². The highest BCUT2D eigenvalue weighted by Crippen LogP contribution is 2.36. The second-order valence-corrected chi connectivity index (χ2v) is 9.25. The quantitative estimate of drug-likeness (QED) is 0.301. The molecule has 2 saturated heterocycles. The molecule has 14 nitrogen and oxygen atoms in total. The Morgan fingerprint density at radius 1 is 0.605 bits per heavy atom. The third-order valence-corrected chi connectivity index (χ3v) is 6.08. The highest BCUT2D eigenvalue weighted by Gasteiger charge is 2.52. The lowest BCUT2D eigenvalue weighted by atomic mass is 9.88. The van der Waals surface area contributed by atoms with Crippen LogP contribution in [-0.4, -0.2) is 97.4 Å². The van der Waals surface area contributed by atoms with Crippen molar-refractivity contribution in [2.24, 2.45) is 11.8 Å². The smallest absolute Gasteiger partial charge is 0.303 e. The topological polar surface area (TPSA) is 179 Å². The van der Waals surface area contributed by atoms with Crippen LogP contribution in [0.4, 0.5) is 0 Å². The van der Waals surface area contributed by atoms with E-state index in [2.05, 4.69) is 0 Å². The summed E-state index contributed by atoms with van der Waals surface area (Å²) in [6.45, 7) is 8.57. The number of hydrogen-bond donors (Lipinski definition) is 1. The first-order valence-corrected chi connectivity index (χ1v) is 12.1. The van der Waals surface area contributed by atoms with Crippen molar-refractivity contribution < 1.29 is 67.0 Å². The molecule has 2 fully saturated rings. The molecule has 38 heavy (non-hydrogen) atoms. The summed E-state index contributed by atoms with van der Waals surface area (Å²) in [6.07, 6.45) is -9.14. The van der Waals surface area contributed by atoms with Crippen LogP contribution in [-0.2, 0) is 61.9 Å². The molecular formula is C24H36O14. The Morgan fingerprint density at radius 2 is 1.03 bits per heavy atom. The van der Waals surface area contributed by atoms with Crippen LogP contribution in [0.25, 0.3) is 0 Å². The van der Waals surface area contributed by atoms with Crippen molar-refractivity contribution >= 4 is 29.8 Å². The first kappa shape index (κ1) is 31.4. The zero-order valence-electron chi connectivity index (χ0n) is 22.4. The van der Waals surface area contributed by atoms with Crippen molar-refractivity contribution in [2.75, 3.05) is 13.2 Å². The van der Waals surface area contributed by atoms with Gasteiger partial charge < -0.3 is 43.0 Å². The first-order valence-electron chi connectivity index (χ1n) is 12.1. The van der Waals surface area contributed by atoms with Crippen molar-refractivity contribution in [1.29, 1.82) is 0 Å². The molecule has 0 radical (unpaired) electrons. The normalized spacial score (nSPS) is 34.9. The second-order valence-electron chi connectivity index (χ2n) is 9.25. The molecule has 1 N–H and O–H groups in total. The second kappa shape index (κ2) is 13.8. The van der Waals surface area contributed by atoms with Gasteiger partial charge in [0.1, 0.15) is 31.5 Å². The Balaban J connectivity index is 2.42. The molecular weight excluding hydrogens is 512 g/mol. The van der Waals surface area contributed by atoms with E-state index in [1.54, 1.807) is 13.8 Å². The molecule has 0 aliphatic carbocycles. The van der Waals surface area contributed by atoms with Crippen LogP contribution in [0, 0.1) is 11.8 Å². The number of rotatable bonds is 9. The molecule has 14 heteroatoms. The molecule has 10 atom stereocenters. The minimum absolute atomic E-state index is 0.299. The van der Waals surface area contributed by atoms with Gasteiger partial charge in [-0.15, -0.1) is 0 Å². The van der Waals surface area contributed by atoms with E-state index in [-0.39, 0.29) is 13.2 Å². The Kier molecular flexibility index (Phi) is 11.4. The summed E-state index contributed by atoms with van der Waals surface area (Å²) in [6, 6.07) is 0. The van der Waals surface area contributed by atoms with E-state index in [1.165, 1.54) is 27.7 Å². The number of carbonyl (C=O) groups excluding carboxylic acids is 5. The maximum absolute atomic E-state index is 12.0. The average molecular weight is 549 g/mol. The van der Waals surface area contributed by atoms with Gasteiger partial charge in [-0.2, -0.15) is 0 Å². The zero-order chi connectivity index (χ0) is 28.7. The van der Waals surface area contributed by atoms with Crippen LogP contribution in [0.15, 0.2) is 0 Å². The number of carbonyl (C=O) groups is 5. The van der Waals surface area contributed by atoms with Crippen molar-refractivity contribution in [2.45, 2.75) is 97.7 Å². The van der Waals surface area contributed by atoms with Gasteiger partial charge in [-0.25, -0.2) is 0 Å². The van der Waals surface area contributed by atoms with Crippen LogP contribution in [0.1, 0.15) is 48.5 Å². The molecule has 0 aromatic rings. The molecule has 2 aliphatic rings. The van der Waals surface area contributed by atoms with Crippen LogP contribution < -0.4 is 0 Å². The molecule has 2 aliphatic heterocycles. The van der Waals surface area contributed by atoms with Crippen molar-refractivity contribution in [3.05, 3.63) is 0 Å². The lowest BCUT2D eigenvalue weighted by Gasteiger charge is -2.48.